The van der Waals surface area contributed by atoms with Crippen molar-refractivity contribution in [1.82, 2.24) is 4.98 Å². The fourth-order valence-corrected chi connectivity index (χ4v) is 4.24. The zero-order valence-corrected chi connectivity index (χ0v) is 17.3. The smallest absolute Gasteiger partial charge is 0.260 e. The van der Waals surface area contributed by atoms with Crippen LogP contribution in [0.5, 0.6) is 5.75 Å². The number of rotatable bonds is 6. The zero-order valence-electron chi connectivity index (χ0n) is 16.5. The van der Waals surface area contributed by atoms with E-state index in [9.17, 15) is 4.79 Å². The van der Waals surface area contributed by atoms with E-state index in [0.717, 1.165) is 27.1 Å². The predicted octanol–water partition coefficient (Wildman–Crippen LogP) is 5.85. The van der Waals surface area contributed by atoms with Gasteiger partial charge in [0.2, 0.25) is 0 Å². The van der Waals surface area contributed by atoms with Crippen LogP contribution in [0, 0.1) is 6.92 Å². The van der Waals surface area contributed by atoms with Gasteiger partial charge in [0, 0.05) is 5.56 Å². The number of ether oxygens (including phenoxy) is 1. The summed E-state index contributed by atoms with van der Waals surface area (Å²) in [5, 5.41) is 0.706. The maximum atomic E-state index is 13.4. The fraction of sp³-hybridized carbons (Fsp3) is 0.167. The van der Waals surface area contributed by atoms with Gasteiger partial charge >= 0.3 is 0 Å². The molecule has 0 aliphatic heterocycles. The lowest BCUT2D eigenvalue weighted by molar-refractivity contribution is 0.0985. The first-order chi connectivity index (χ1) is 14.2. The Morgan fingerprint density at radius 1 is 1.00 bits per heavy atom. The third kappa shape index (κ3) is 4.15. The molecule has 0 fully saturated rings. The van der Waals surface area contributed by atoms with E-state index in [-0.39, 0.29) is 5.91 Å². The second kappa shape index (κ2) is 8.45. The SMILES string of the molecule is CCOc1ccc(C(=O)N(Cc2ccccc2)c2nc3c(C)cccc3s2)cc1. The Morgan fingerprint density at radius 3 is 2.45 bits per heavy atom. The molecule has 0 atom stereocenters. The molecule has 1 amide bonds. The van der Waals surface area contributed by atoms with Crippen LogP contribution in [-0.4, -0.2) is 17.5 Å². The second-order valence-electron chi connectivity index (χ2n) is 6.75. The van der Waals surface area contributed by atoms with Crippen LogP contribution in [0.15, 0.2) is 72.8 Å². The summed E-state index contributed by atoms with van der Waals surface area (Å²) in [5.41, 5.74) is 3.73. The topological polar surface area (TPSA) is 42.4 Å². The second-order valence-corrected chi connectivity index (χ2v) is 7.76. The number of hydrogen-bond acceptors (Lipinski definition) is 4. The Balaban J connectivity index is 1.72. The number of carbonyl (C=O) groups excluding carboxylic acids is 1. The van der Waals surface area contributed by atoms with Crippen LogP contribution in [0.3, 0.4) is 0 Å². The van der Waals surface area contributed by atoms with Gasteiger partial charge < -0.3 is 4.74 Å². The highest BCUT2D eigenvalue weighted by molar-refractivity contribution is 7.22. The van der Waals surface area contributed by atoms with Crippen molar-refractivity contribution in [2.75, 3.05) is 11.5 Å². The summed E-state index contributed by atoms with van der Waals surface area (Å²) in [7, 11) is 0. The third-order valence-corrected chi connectivity index (χ3v) is 5.72. The van der Waals surface area contributed by atoms with E-state index in [0.29, 0.717) is 23.8 Å². The number of para-hydroxylation sites is 1. The Labute approximate surface area is 174 Å². The minimum Gasteiger partial charge on any atom is -0.494 e. The molecular weight excluding hydrogens is 380 g/mol. The van der Waals surface area contributed by atoms with Gasteiger partial charge in [-0.25, -0.2) is 4.98 Å². The van der Waals surface area contributed by atoms with Gasteiger partial charge in [-0.05, 0) is 55.3 Å². The van der Waals surface area contributed by atoms with E-state index in [1.54, 1.807) is 16.2 Å². The number of fused-ring (bicyclic) bond motifs is 1. The zero-order chi connectivity index (χ0) is 20.2. The maximum Gasteiger partial charge on any atom is 0.260 e. The molecule has 0 bridgehead atoms. The Kier molecular flexibility index (Phi) is 5.58. The van der Waals surface area contributed by atoms with Crippen molar-refractivity contribution in [3.63, 3.8) is 0 Å². The lowest BCUT2D eigenvalue weighted by Crippen LogP contribution is -2.30. The number of amides is 1. The maximum absolute atomic E-state index is 13.4. The predicted molar refractivity (Wildman–Crippen MR) is 119 cm³/mol. The molecule has 0 saturated heterocycles. The molecule has 4 aromatic rings. The molecule has 29 heavy (non-hydrogen) atoms. The molecule has 0 aliphatic rings. The van der Waals surface area contributed by atoms with Crippen molar-refractivity contribution in [3.8, 4) is 5.75 Å². The molecule has 0 unspecified atom stereocenters. The number of aryl methyl sites for hydroxylation is 1. The quantitative estimate of drug-likeness (QED) is 0.406. The third-order valence-electron chi connectivity index (χ3n) is 4.68. The monoisotopic (exact) mass is 402 g/mol. The van der Waals surface area contributed by atoms with E-state index in [1.807, 2.05) is 86.6 Å². The normalized spacial score (nSPS) is 10.8. The average Bonchev–Trinajstić information content (AvgIpc) is 3.18. The van der Waals surface area contributed by atoms with E-state index in [4.69, 9.17) is 9.72 Å². The van der Waals surface area contributed by atoms with Gasteiger partial charge in [-0.3, -0.25) is 9.69 Å². The fourth-order valence-electron chi connectivity index (χ4n) is 3.20. The van der Waals surface area contributed by atoms with E-state index >= 15 is 0 Å². The highest BCUT2D eigenvalue weighted by atomic mass is 32.1. The summed E-state index contributed by atoms with van der Waals surface area (Å²) >= 11 is 1.54. The molecule has 1 aromatic heterocycles. The highest BCUT2D eigenvalue weighted by Gasteiger charge is 2.22. The Bertz CT molecular complexity index is 1120. The van der Waals surface area contributed by atoms with Crippen molar-refractivity contribution in [2.45, 2.75) is 20.4 Å². The van der Waals surface area contributed by atoms with Gasteiger partial charge in [0.25, 0.3) is 5.91 Å². The van der Waals surface area contributed by atoms with Crippen molar-refractivity contribution in [2.24, 2.45) is 0 Å². The van der Waals surface area contributed by atoms with Crippen molar-refractivity contribution < 1.29 is 9.53 Å². The summed E-state index contributed by atoms with van der Waals surface area (Å²) in [5.74, 6) is 0.683. The average molecular weight is 403 g/mol. The van der Waals surface area contributed by atoms with Crippen LogP contribution >= 0.6 is 11.3 Å². The van der Waals surface area contributed by atoms with Crippen molar-refractivity contribution in [1.29, 1.82) is 0 Å². The largest absolute Gasteiger partial charge is 0.494 e. The lowest BCUT2D eigenvalue weighted by Gasteiger charge is -2.20. The molecule has 0 aliphatic carbocycles. The van der Waals surface area contributed by atoms with Gasteiger partial charge in [-0.15, -0.1) is 0 Å². The van der Waals surface area contributed by atoms with Crippen LogP contribution in [0.1, 0.15) is 28.4 Å². The van der Waals surface area contributed by atoms with E-state index in [2.05, 4.69) is 0 Å². The minimum atomic E-state index is -0.0754. The van der Waals surface area contributed by atoms with Crippen molar-refractivity contribution >= 4 is 32.6 Å². The molecule has 5 heteroatoms. The standard InChI is InChI=1S/C24H22N2O2S/c1-3-28-20-14-12-19(13-15-20)23(27)26(16-18-9-5-4-6-10-18)24-25-22-17(2)8-7-11-21(22)29-24/h4-15H,3,16H2,1-2H3. The molecule has 0 radical (unpaired) electrons. The molecule has 0 spiro atoms. The van der Waals surface area contributed by atoms with Gasteiger partial charge in [0.1, 0.15) is 5.75 Å². The molecule has 4 nitrogen and oxygen atoms in total. The molecule has 3 aromatic carbocycles. The van der Waals surface area contributed by atoms with Crippen LogP contribution < -0.4 is 9.64 Å². The summed E-state index contributed by atoms with van der Waals surface area (Å²) in [6.07, 6.45) is 0. The summed E-state index contributed by atoms with van der Waals surface area (Å²) in [6.45, 7) is 5.04. The highest BCUT2D eigenvalue weighted by Crippen LogP contribution is 2.32. The summed E-state index contributed by atoms with van der Waals surface area (Å²) < 4.78 is 6.58. The first-order valence-corrected chi connectivity index (χ1v) is 10.4. The first-order valence-electron chi connectivity index (χ1n) is 9.60. The molecule has 4 rings (SSSR count). The lowest BCUT2D eigenvalue weighted by atomic mass is 10.1. The summed E-state index contributed by atoms with van der Waals surface area (Å²) in [6, 6.07) is 23.4. The minimum absolute atomic E-state index is 0.0754. The number of hydrogen-bond donors (Lipinski definition) is 0. The van der Waals surface area contributed by atoms with Crippen LogP contribution in [-0.2, 0) is 6.54 Å². The van der Waals surface area contributed by atoms with Crippen LogP contribution in [0.25, 0.3) is 10.2 Å². The van der Waals surface area contributed by atoms with Crippen molar-refractivity contribution in [3.05, 3.63) is 89.5 Å². The molecule has 0 N–H and O–H groups in total. The number of nitrogens with zero attached hydrogens (tertiary/aromatic N) is 2. The number of carbonyl (C=O) groups is 1. The number of thiazole rings is 1. The first kappa shape index (κ1) is 19.2. The summed E-state index contributed by atoms with van der Waals surface area (Å²) in [4.78, 5) is 20.0. The Morgan fingerprint density at radius 2 is 1.76 bits per heavy atom. The van der Waals surface area contributed by atoms with Gasteiger partial charge in [-0.2, -0.15) is 0 Å². The molecule has 146 valence electrons. The molecule has 1 heterocycles. The van der Waals surface area contributed by atoms with E-state index in [1.165, 1.54) is 0 Å². The molecule has 0 saturated carbocycles. The van der Waals surface area contributed by atoms with E-state index < -0.39 is 0 Å². The number of aromatic nitrogens is 1. The molecular formula is C24H22N2O2S. The Hall–Kier alpha value is -3.18. The van der Waals surface area contributed by atoms with Crippen LogP contribution in [0.4, 0.5) is 5.13 Å². The van der Waals surface area contributed by atoms with Crippen LogP contribution in [0.2, 0.25) is 0 Å². The number of anilines is 1. The van der Waals surface area contributed by atoms with Gasteiger partial charge in [0.05, 0.1) is 23.4 Å². The number of benzene rings is 3. The van der Waals surface area contributed by atoms with Gasteiger partial charge in [0.15, 0.2) is 5.13 Å². The van der Waals surface area contributed by atoms with Gasteiger partial charge in [-0.1, -0.05) is 53.8 Å².